The van der Waals surface area contributed by atoms with Crippen molar-refractivity contribution in [3.8, 4) is 0 Å². The monoisotopic (exact) mass is 256 g/mol. The second-order valence-corrected chi connectivity index (χ2v) is 6.57. The zero-order chi connectivity index (χ0) is 12.1. The van der Waals surface area contributed by atoms with Crippen LogP contribution in [-0.2, 0) is 4.79 Å². The van der Waals surface area contributed by atoms with E-state index in [2.05, 4.69) is 17.1 Å². The molecule has 0 aromatic carbocycles. The topological polar surface area (TPSA) is 32.3 Å². The Balaban J connectivity index is 1.78. The lowest BCUT2D eigenvalue weighted by atomic mass is 9.95. The lowest BCUT2D eigenvalue weighted by molar-refractivity contribution is -0.132. The average molecular weight is 256 g/mol. The highest BCUT2D eigenvalue weighted by atomic mass is 32.2. The Morgan fingerprint density at radius 2 is 2.41 bits per heavy atom. The van der Waals surface area contributed by atoms with Crippen molar-refractivity contribution in [3.05, 3.63) is 0 Å². The Morgan fingerprint density at radius 3 is 3.12 bits per heavy atom. The van der Waals surface area contributed by atoms with Gasteiger partial charge in [0.2, 0.25) is 5.91 Å². The fourth-order valence-electron chi connectivity index (χ4n) is 2.67. The molecule has 0 bridgehead atoms. The van der Waals surface area contributed by atoms with Gasteiger partial charge in [-0.1, -0.05) is 6.92 Å². The number of rotatable bonds is 3. The van der Waals surface area contributed by atoms with Crippen molar-refractivity contribution in [1.82, 2.24) is 10.2 Å². The van der Waals surface area contributed by atoms with E-state index in [0.717, 1.165) is 38.4 Å². The molecule has 0 aromatic heterocycles. The van der Waals surface area contributed by atoms with E-state index in [9.17, 15) is 4.79 Å². The number of carbonyl (C=O) groups is 1. The van der Waals surface area contributed by atoms with Gasteiger partial charge in [0.1, 0.15) is 0 Å². The zero-order valence-electron chi connectivity index (χ0n) is 10.8. The van der Waals surface area contributed by atoms with Crippen LogP contribution in [-0.4, -0.2) is 48.0 Å². The number of hydrogen-bond acceptors (Lipinski definition) is 3. The molecule has 2 aliphatic rings. The highest BCUT2D eigenvalue weighted by Crippen LogP contribution is 2.23. The maximum Gasteiger partial charge on any atom is 0.222 e. The van der Waals surface area contributed by atoms with Crippen LogP contribution >= 0.6 is 11.8 Å². The summed E-state index contributed by atoms with van der Waals surface area (Å²) in [6.07, 6.45) is 4.39. The third kappa shape index (κ3) is 3.88. The van der Waals surface area contributed by atoms with Crippen LogP contribution in [0.5, 0.6) is 0 Å². The van der Waals surface area contributed by atoms with Crippen LogP contribution in [0.2, 0.25) is 0 Å². The van der Waals surface area contributed by atoms with E-state index in [-0.39, 0.29) is 0 Å². The van der Waals surface area contributed by atoms with Crippen molar-refractivity contribution >= 4 is 17.7 Å². The minimum absolute atomic E-state index is 0.387. The van der Waals surface area contributed by atoms with E-state index in [0.29, 0.717) is 17.1 Å². The van der Waals surface area contributed by atoms with E-state index in [4.69, 9.17) is 0 Å². The van der Waals surface area contributed by atoms with Gasteiger partial charge in [-0.3, -0.25) is 4.79 Å². The Bertz CT molecular complexity index is 254. The van der Waals surface area contributed by atoms with E-state index < -0.39 is 0 Å². The van der Waals surface area contributed by atoms with Gasteiger partial charge in [0, 0.05) is 30.5 Å². The van der Waals surface area contributed by atoms with Gasteiger partial charge < -0.3 is 10.2 Å². The van der Waals surface area contributed by atoms with Gasteiger partial charge in [0.25, 0.3) is 0 Å². The molecule has 2 rings (SSSR count). The minimum Gasteiger partial charge on any atom is -0.341 e. The quantitative estimate of drug-likeness (QED) is 0.834. The number of carbonyl (C=O) groups excluding carboxylic acids is 1. The highest BCUT2D eigenvalue weighted by Gasteiger charge is 2.25. The Labute approximate surface area is 109 Å². The first-order chi connectivity index (χ1) is 8.29. The Hall–Kier alpha value is -0.220. The fourth-order valence-corrected chi connectivity index (χ4v) is 3.85. The molecule has 3 nitrogen and oxygen atoms in total. The van der Waals surface area contributed by atoms with Gasteiger partial charge in [0.05, 0.1) is 0 Å². The summed E-state index contributed by atoms with van der Waals surface area (Å²) in [6.45, 7) is 6.31. The second-order valence-electron chi connectivity index (χ2n) is 5.16. The largest absolute Gasteiger partial charge is 0.341 e. The van der Waals surface area contributed by atoms with Crippen LogP contribution in [0.25, 0.3) is 0 Å². The van der Waals surface area contributed by atoms with Crippen molar-refractivity contribution in [3.63, 3.8) is 0 Å². The first-order valence-electron chi connectivity index (χ1n) is 6.89. The molecule has 2 heterocycles. The summed E-state index contributed by atoms with van der Waals surface area (Å²) in [5.74, 6) is 2.08. The molecule has 98 valence electrons. The van der Waals surface area contributed by atoms with Gasteiger partial charge in [-0.05, 0) is 38.3 Å². The summed E-state index contributed by atoms with van der Waals surface area (Å²) in [5.41, 5.74) is 0. The highest BCUT2D eigenvalue weighted by molar-refractivity contribution is 8.00. The molecule has 4 heteroatoms. The smallest absolute Gasteiger partial charge is 0.222 e. The molecule has 2 unspecified atom stereocenters. The van der Waals surface area contributed by atoms with Gasteiger partial charge >= 0.3 is 0 Å². The average Bonchev–Trinajstić information content (AvgIpc) is 2.40. The molecule has 17 heavy (non-hydrogen) atoms. The van der Waals surface area contributed by atoms with Crippen LogP contribution in [0.15, 0.2) is 0 Å². The lowest BCUT2D eigenvalue weighted by Gasteiger charge is -2.33. The standard InChI is InChI=1S/C13H24N2OS/c1-2-12-10-15(6-7-17-12)13(16)8-11-4-3-5-14-9-11/h11-12,14H,2-10H2,1H3. The van der Waals surface area contributed by atoms with Gasteiger partial charge in [0.15, 0.2) is 0 Å². The number of nitrogens with zero attached hydrogens (tertiary/aromatic N) is 1. The lowest BCUT2D eigenvalue weighted by Crippen LogP contribution is -2.43. The molecule has 0 aliphatic carbocycles. The molecule has 0 spiro atoms. The van der Waals surface area contributed by atoms with E-state index >= 15 is 0 Å². The molecule has 2 fully saturated rings. The summed E-state index contributed by atoms with van der Waals surface area (Å²) < 4.78 is 0. The normalized spacial score (nSPS) is 30.3. The van der Waals surface area contributed by atoms with Gasteiger partial charge in [-0.2, -0.15) is 11.8 Å². The fraction of sp³-hybridized carbons (Fsp3) is 0.923. The predicted octanol–water partition coefficient (Wildman–Crippen LogP) is 1.73. The number of hydrogen-bond donors (Lipinski definition) is 1. The molecular weight excluding hydrogens is 232 g/mol. The SMILES string of the molecule is CCC1CN(C(=O)CC2CCCNC2)CCS1. The van der Waals surface area contributed by atoms with Crippen LogP contribution in [0.4, 0.5) is 0 Å². The van der Waals surface area contributed by atoms with E-state index in [1.807, 2.05) is 11.8 Å². The number of amides is 1. The summed E-state index contributed by atoms with van der Waals surface area (Å²) >= 11 is 2.02. The molecule has 0 radical (unpaired) electrons. The summed E-state index contributed by atoms with van der Waals surface area (Å²) in [6, 6.07) is 0. The summed E-state index contributed by atoms with van der Waals surface area (Å²) in [5, 5.41) is 4.05. The Morgan fingerprint density at radius 1 is 1.53 bits per heavy atom. The maximum absolute atomic E-state index is 12.2. The third-order valence-electron chi connectivity index (χ3n) is 3.81. The van der Waals surface area contributed by atoms with Crippen molar-refractivity contribution < 1.29 is 4.79 Å². The van der Waals surface area contributed by atoms with Crippen LogP contribution in [0, 0.1) is 5.92 Å². The first-order valence-corrected chi connectivity index (χ1v) is 7.94. The Kier molecular flexibility index (Phi) is 5.16. The number of thioether (sulfide) groups is 1. The summed E-state index contributed by atoms with van der Waals surface area (Å²) in [4.78, 5) is 14.3. The van der Waals surface area contributed by atoms with Crippen molar-refractivity contribution in [2.24, 2.45) is 5.92 Å². The number of piperidine rings is 1. The molecule has 2 atom stereocenters. The molecule has 1 N–H and O–H groups in total. The molecule has 1 amide bonds. The summed E-state index contributed by atoms with van der Waals surface area (Å²) in [7, 11) is 0. The first kappa shape index (κ1) is 13.2. The van der Waals surface area contributed by atoms with Crippen molar-refractivity contribution in [2.75, 3.05) is 31.9 Å². The molecule has 0 aromatic rings. The molecule has 2 aliphatic heterocycles. The molecule has 2 saturated heterocycles. The predicted molar refractivity (Wildman–Crippen MR) is 73.3 cm³/mol. The van der Waals surface area contributed by atoms with Crippen LogP contribution < -0.4 is 5.32 Å². The van der Waals surface area contributed by atoms with E-state index in [1.54, 1.807) is 0 Å². The van der Waals surface area contributed by atoms with Gasteiger partial charge in [-0.25, -0.2) is 0 Å². The third-order valence-corrected chi connectivity index (χ3v) is 5.18. The number of nitrogens with one attached hydrogen (secondary N) is 1. The van der Waals surface area contributed by atoms with Crippen LogP contribution in [0.3, 0.4) is 0 Å². The van der Waals surface area contributed by atoms with E-state index in [1.165, 1.54) is 19.3 Å². The minimum atomic E-state index is 0.387. The van der Waals surface area contributed by atoms with Crippen LogP contribution in [0.1, 0.15) is 32.6 Å². The van der Waals surface area contributed by atoms with Crippen molar-refractivity contribution in [1.29, 1.82) is 0 Å². The van der Waals surface area contributed by atoms with Gasteiger partial charge in [-0.15, -0.1) is 0 Å². The zero-order valence-corrected chi connectivity index (χ0v) is 11.6. The maximum atomic E-state index is 12.2. The molecule has 0 saturated carbocycles. The van der Waals surface area contributed by atoms with Crippen molar-refractivity contribution in [2.45, 2.75) is 37.9 Å². The second kappa shape index (κ2) is 6.64. The molecular formula is C13H24N2OS.